The zero-order valence-corrected chi connectivity index (χ0v) is 15.0. The smallest absolute Gasteiger partial charge is 0.252 e. The van der Waals surface area contributed by atoms with Gasteiger partial charge in [0.1, 0.15) is 0 Å². The van der Waals surface area contributed by atoms with E-state index in [-0.39, 0.29) is 5.91 Å². The molecule has 0 spiro atoms. The van der Waals surface area contributed by atoms with Gasteiger partial charge in [-0.1, -0.05) is 27.7 Å². The number of thiophene rings is 1. The molecule has 1 N–H and O–H groups in total. The van der Waals surface area contributed by atoms with Crippen LogP contribution in [0.25, 0.3) is 0 Å². The van der Waals surface area contributed by atoms with Crippen LogP contribution in [0.1, 0.15) is 57.3 Å². The highest BCUT2D eigenvalue weighted by Crippen LogP contribution is 2.45. The van der Waals surface area contributed by atoms with E-state index in [1.807, 2.05) is 11.4 Å². The molecule has 1 heterocycles. The summed E-state index contributed by atoms with van der Waals surface area (Å²) in [6, 6.07) is 2.25. The van der Waals surface area contributed by atoms with Crippen LogP contribution < -0.4 is 5.32 Å². The molecule has 1 aromatic heterocycles. The minimum absolute atomic E-state index is 0.0812. The number of carbonyl (C=O) groups is 1. The summed E-state index contributed by atoms with van der Waals surface area (Å²) in [5, 5.41) is 5.16. The van der Waals surface area contributed by atoms with Crippen LogP contribution in [0.2, 0.25) is 0 Å². The van der Waals surface area contributed by atoms with Gasteiger partial charge in [0, 0.05) is 11.4 Å². The van der Waals surface area contributed by atoms with E-state index in [9.17, 15) is 4.79 Å². The fraction of sp³-hybridized carbons (Fsp3) is 0.667. The molecule has 0 unspecified atom stereocenters. The largest absolute Gasteiger partial charge is 0.349 e. The Bertz CT molecular complexity index is 462. The van der Waals surface area contributed by atoms with Crippen molar-refractivity contribution in [2.24, 2.45) is 10.8 Å². The molecule has 2 rings (SSSR count). The molecule has 19 heavy (non-hydrogen) atoms. The molecule has 0 bridgehead atoms. The summed E-state index contributed by atoms with van der Waals surface area (Å²) >= 11 is 3.87. The maximum atomic E-state index is 12.2. The monoisotopic (exact) mass is 391 g/mol. The number of hydrogen-bond acceptors (Lipinski definition) is 2. The molecular weight excluding hydrogens is 369 g/mol. The molecule has 1 saturated carbocycles. The Morgan fingerprint density at radius 3 is 2.37 bits per heavy atom. The van der Waals surface area contributed by atoms with Gasteiger partial charge in [-0.3, -0.25) is 4.79 Å². The molecule has 1 fully saturated rings. The second-order valence-electron chi connectivity index (χ2n) is 7.22. The number of carbonyl (C=O) groups excluding carboxylic acids is 1. The number of halogens is 1. The Labute approximate surface area is 133 Å². The molecule has 0 radical (unpaired) electrons. The molecule has 0 saturated heterocycles. The first-order chi connectivity index (χ1) is 8.67. The molecule has 2 nitrogen and oxygen atoms in total. The lowest BCUT2D eigenvalue weighted by atomic mass is 9.63. The lowest BCUT2D eigenvalue weighted by molar-refractivity contribution is 0.0714. The second-order valence-corrected chi connectivity index (χ2v) is 10.0. The molecular formula is C15H22INOS. The highest BCUT2D eigenvalue weighted by Gasteiger charge is 2.38. The van der Waals surface area contributed by atoms with Gasteiger partial charge >= 0.3 is 0 Å². The summed E-state index contributed by atoms with van der Waals surface area (Å²) in [5.41, 5.74) is 1.42. The van der Waals surface area contributed by atoms with Crippen molar-refractivity contribution in [3.63, 3.8) is 0 Å². The fourth-order valence-corrected chi connectivity index (χ4v) is 4.97. The summed E-state index contributed by atoms with van der Waals surface area (Å²) in [4.78, 5) is 12.2. The lowest BCUT2D eigenvalue weighted by Crippen LogP contribution is -2.45. The summed E-state index contributed by atoms with van der Waals surface area (Å²) in [7, 11) is 0. The summed E-state index contributed by atoms with van der Waals surface area (Å²) in [5.74, 6) is 0.0812. The zero-order chi connectivity index (χ0) is 14.3. The molecule has 1 aliphatic rings. The molecule has 0 aromatic carbocycles. The highest BCUT2D eigenvalue weighted by atomic mass is 127. The van der Waals surface area contributed by atoms with Crippen molar-refractivity contribution in [2.75, 3.05) is 0 Å². The standard InChI is InChI=1S/C15H22INOS/c1-14(2)6-11(7-15(3,4)9-14)17-13(18)10-5-12(16)19-8-10/h5,8,11H,6-7,9H2,1-4H3,(H,17,18). The summed E-state index contributed by atoms with van der Waals surface area (Å²) in [6.07, 6.45) is 3.37. The van der Waals surface area contributed by atoms with Crippen LogP contribution in [0.5, 0.6) is 0 Å². The van der Waals surface area contributed by atoms with Gasteiger partial charge in [-0.15, -0.1) is 11.3 Å². The molecule has 0 aliphatic heterocycles. The van der Waals surface area contributed by atoms with E-state index >= 15 is 0 Å². The van der Waals surface area contributed by atoms with Crippen molar-refractivity contribution in [2.45, 2.75) is 53.0 Å². The minimum atomic E-state index is 0.0812. The van der Waals surface area contributed by atoms with Crippen LogP contribution in [0, 0.1) is 13.7 Å². The van der Waals surface area contributed by atoms with Crippen LogP contribution in [0.4, 0.5) is 0 Å². The van der Waals surface area contributed by atoms with Crippen molar-refractivity contribution in [1.82, 2.24) is 5.32 Å². The van der Waals surface area contributed by atoms with Gasteiger partial charge in [0.2, 0.25) is 0 Å². The van der Waals surface area contributed by atoms with Crippen molar-refractivity contribution in [3.8, 4) is 0 Å². The number of rotatable bonds is 2. The van der Waals surface area contributed by atoms with E-state index in [0.717, 1.165) is 21.3 Å². The average Bonchev–Trinajstić information content (AvgIpc) is 2.59. The van der Waals surface area contributed by atoms with E-state index in [0.29, 0.717) is 16.9 Å². The quantitative estimate of drug-likeness (QED) is 0.729. The lowest BCUT2D eigenvalue weighted by Gasteiger charge is -2.45. The van der Waals surface area contributed by atoms with E-state index in [2.05, 4.69) is 55.6 Å². The topological polar surface area (TPSA) is 29.1 Å². The van der Waals surface area contributed by atoms with Crippen LogP contribution in [0.3, 0.4) is 0 Å². The Hall–Kier alpha value is -0.100. The first-order valence-electron chi connectivity index (χ1n) is 6.72. The predicted octanol–water partition coefficient (Wildman–Crippen LogP) is 4.69. The van der Waals surface area contributed by atoms with Gasteiger partial charge in [0.25, 0.3) is 5.91 Å². The van der Waals surface area contributed by atoms with E-state index in [1.165, 1.54) is 6.42 Å². The van der Waals surface area contributed by atoms with E-state index < -0.39 is 0 Å². The van der Waals surface area contributed by atoms with Crippen molar-refractivity contribution >= 4 is 39.8 Å². The maximum absolute atomic E-state index is 12.2. The third-order valence-electron chi connectivity index (χ3n) is 3.72. The third-order valence-corrected chi connectivity index (χ3v) is 5.51. The number of hydrogen-bond donors (Lipinski definition) is 1. The Balaban J connectivity index is 2.04. The van der Waals surface area contributed by atoms with Crippen molar-refractivity contribution < 1.29 is 4.79 Å². The molecule has 106 valence electrons. The molecule has 0 atom stereocenters. The molecule has 1 aliphatic carbocycles. The molecule has 1 aromatic rings. The third kappa shape index (κ3) is 4.18. The van der Waals surface area contributed by atoms with Gasteiger partial charge in [0.15, 0.2) is 0 Å². The van der Waals surface area contributed by atoms with Crippen LogP contribution >= 0.6 is 33.9 Å². The van der Waals surface area contributed by atoms with Gasteiger partial charge < -0.3 is 5.32 Å². The Morgan fingerprint density at radius 2 is 1.89 bits per heavy atom. The van der Waals surface area contributed by atoms with E-state index in [1.54, 1.807) is 11.3 Å². The minimum Gasteiger partial charge on any atom is -0.349 e. The maximum Gasteiger partial charge on any atom is 0.252 e. The molecule has 1 amide bonds. The predicted molar refractivity (Wildman–Crippen MR) is 89.7 cm³/mol. The second kappa shape index (κ2) is 5.35. The highest BCUT2D eigenvalue weighted by molar-refractivity contribution is 14.1. The van der Waals surface area contributed by atoms with Gasteiger partial charge in [-0.2, -0.15) is 0 Å². The van der Waals surface area contributed by atoms with Gasteiger partial charge in [-0.05, 0) is 58.7 Å². The SMILES string of the molecule is CC1(C)CC(NC(=O)c2csc(I)c2)CC(C)(C)C1. The van der Waals surface area contributed by atoms with Crippen molar-refractivity contribution in [3.05, 3.63) is 19.9 Å². The van der Waals surface area contributed by atoms with Crippen molar-refractivity contribution in [1.29, 1.82) is 0 Å². The number of amides is 1. The van der Waals surface area contributed by atoms with Crippen LogP contribution in [-0.2, 0) is 0 Å². The normalized spacial score (nSPS) is 22.2. The van der Waals surface area contributed by atoms with E-state index in [4.69, 9.17) is 0 Å². The summed E-state index contributed by atoms with van der Waals surface area (Å²) < 4.78 is 1.16. The van der Waals surface area contributed by atoms with Crippen LogP contribution in [-0.4, -0.2) is 11.9 Å². The average molecular weight is 391 g/mol. The number of nitrogens with one attached hydrogen (secondary N) is 1. The summed E-state index contributed by atoms with van der Waals surface area (Å²) in [6.45, 7) is 9.22. The Kier molecular flexibility index (Phi) is 4.31. The van der Waals surface area contributed by atoms with Crippen LogP contribution in [0.15, 0.2) is 11.4 Å². The first-order valence-corrected chi connectivity index (χ1v) is 8.68. The first kappa shape index (κ1) is 15.3. The fourth-order valence-electron chi connectivity index (χ4n) is 3.65. The van der Waals surface area contributed by atoms with Gasteiger partial charge in [0.05, 0.1) is 8.45 Å². The molecule has 4 heteroatoms. The van der Waals surface area contributed by atoms with Gasteiger partial charge in [-0.25, -0.2) is 0 Å². The Morgan fingerprint density at radius 1 is 1.32 bits per heavy atom. The zero-order valence-electron chi connectivity index (χ0n) is 12.0.